The molecule has 0 aromatic rings. The lowest BCUT2D eigenvalue weighted by atomic mass is 10.3. The van der Waals surface area contributed by atoms with Gasteiger partial charge in [-0.05, 0) is 12.8 Å². The fourth-order valence-electron chi connectivity index (χ4n) is 1.40. The summed E-state index contributed by atoms with van der Waals surface area (Å²) in [4.78, 5) is 12.8. The summed E-state index contributed by atoms with van der Waals surface area (Å²) in [5.41, 5.74) is 5.25. The van der Waals surface area contributed by atoms with Gasteiger partial charge in [0.2, 0.25) is 0 Å². The van der Waals surface area contributed by atoms with Crippen molar-refractivity contribution in [2.75, 3.05) is 13.1 Å². The van der Waals surface area contributed by atoms with Gasteiger partial charge in [0.1, 0.15) is 12.4 Å². The van der Waals surface area contributed by atoms with Crippen LogP contribution in [0.4, 0.5) is 18.0 Å². The molecule has 0 saturated heterocycles. The van der Waals surface area contributed by atoms with Gasteiger partial charge in [0.25, 0.3) is 0 Å². The lowest BCUT2D eigenvalue weighted by Gasteiger charge is -2.22. The molecule has 0 aromatic heterocycles. The molecule has 18 heavy (non-hydrogen) atoms. The summed E-state index contributed by atoms with van der Waals surface area (Å²) in [6.07, 6.45) is -2.80. The predicted molar refractivity (Wildman–Crippen MR) is 57.2 cm³/mol. The van der Waals surface area contributed by atoms with Gasteiger partial charge in [-0.1, -0.05) is 5.16 Å². The number of amidine groups is 1. The van der Waals surface area contributed by atoms with Crippen LogP contribution in [0.1, 0.15) is 19.3 Å². The van der Waals surface area contributed by atoms with Crippen LogP contribution < -0.4 is 11.1 Å². The Morgan fingerprint density at radius 3 is 2.56 bits per heavy atom. The Bertz CT molecular complexity index is 328. The first-order valence-corrected chi connectivity index (χ1v) is 5.41. The molecule has 1 aliphatic rings. The fraction of sp³-hybridized carbons (Fsp3) is 0.778. The molecule has 0 unspecified atom stereocenters. The zero-order valence-electron chi connectivity index (χ0n) is 9.57. The SMILES string of the molecule is NC(CCN(C(=O)NCC(F)(F)F)C1CC1)=NO. The maximum absolute atomic E-state index is 12.0. The van der Waals surface area contributed by atoms with Gasteiger partial charge in [0.15, 0.2) is 0 Å². The van der Waals surface area contributed by atoms with Crippen LogP contribution in [0.2, 0.25) is 0 Å². The molecule has 1 fully saturated rings. The van der Waals surface area contributed by atoms with Gasteiger partial charge < -0.3 is 21.2 Å². The molecular formula is C9H15F3N4O2. The zero-order valence-corrected chi connectivity index (χ0v) is 9.57. The van der Waals surface area contributed by atoms with Gasteiger partial charge in [-0.15, -0.1) is 0 Å². The number of nitrogens with one attached hydrogen (secondary N) is 1. The van der Waals surface area contributed by atoms with Gasteiger partial charge >= 0.3 is 12.2 Å². The molecule has 0 atom stereocenters. The normalized spacial score (nSPS) is 16.5. The van der Waals surface area contributed by atoms with Crippen molar-refractivity contribution in [3.63, 3.8) is 0 Å². The average molecular weight is 268 g/mol. The topological polar surface area (TPSA) is 91.0 Å². The molecule has 2 amide bonds. The second-order valence-corrected chi connectivity index (χ2v) is 4.04. The number of alkyl halides is 3. The second-order valence-electron chi connectivity index (χ2n) is 4.04. The van der Waals surface area contributed by atoms with E-state index in [-0.39, 0.29) is 24.8 Å². The van der Waals surface area contributed by atoms with E-state index in [2.05, 4.69) is 5.16 Å². The number of hydrogen-bond acceptors (Lipinski definition) is 3. The van der Waals surface area contributed by atoms with Crippen LogP contribution in [0, 0.1) is 0 Å². The van der Waals surface area contributed by atoms with Crippen LogP contribution in [0.3, 0.4) is 0 Å². The number of halogens is 3. The van der Waals surface area contributed by atoms with Crippen LogP contribution in [-0.2, 0) is 0 Å². The summed E-state index contributed by atoms with van der Waals surface area (Å²) in [5.74, 6) is -0.0655. The average Bonchev–Trinajstić information content (AvgIpc) is 3.09. The Labute approximate surface area is 102 Å². The minimum atomic E-state index is -4.43. The summed E-state index contributed by atoms with van der Waals surface area (Å²) in [6.45, 7) is -1.23. The Hall–Kier alpha value is -1.67. The third kappa shape index (κ3) is 5.11. The Morgan fingerprint density at radius 1 is 1.50 bits per heavy atom. The monoisotopic (exact) mass is 268 g/mol. The quantitative estimate of drug-likeness (QED) is 0.299. The van der Waals surface area contributed by atoms with Crippen molar-refractivity contribution in [3.05, 3.63) is 0 Å². The van der Waals surface area contributed by atoms with E-state index in [1.807, 2.05) is 0 Å². The van der Waals surface area contributed by atoms with Crippen molar-refractivity contribution in [2.24, 2.45) is 10.9 Å². The van der Waals surface area contributed by atoms with Crippen LogP contribution in [0.15, 0.2) is 5.16 Å². The van der Waals surface area contributed by atoms with Crippen molar-refractivity contribution in [3.8, 4) is 0 Å². The molecule has 0 aliphatic heterocycles. The minimum absolute atomic E-state index is 0.0512. The third-order valence-electron chi connectivity index (χ3n) is 2.43. The lowest BCUT2D eigenvalue weighted by molar-refractivity contribution is -0.123. The van der Waals surface area contributed by atoms with Gasteiger partial charge in [0, 0.05) is 19.0 Å². The molecule has 1 rings (SSSR count). The smallest absolute Gasteiger partial charge is 0.405 e. The Kier molecular flexibility index (Phi) is 4.62. The maximum atomic E-state index is 12.0. The van der Waals surface area contributed by atoms with Gasteiger partial charge in [0.05, 0.1) is 0 Å². The molecule has 104 valence electrons. The van der Waals surface area contributed by atoms with E-state index < -0.39 is 18.8 Å². The number of rotatable bonds is 5. The molecule has 0 bridgehead atoms. The standard InChI is InChI=1S/C9H15F3N4O2/c10-9(11,12)5-14-8(17)16(6-1-2-6)4-3-7(13)15-18/h6,18H,1-5H2,(H2,13,15)(H,14,17). The number of hydrogen-bond donors (Lipinski definition) is 3. The number of nitrogens with two attached hydrogens (primary N) is 1. The number of amides is 2. The van der Waals surface area contributed by atoms with Crippen molar-refractivity contribution in [2.45, 2.75) is 31.5 Å². The van der Waals surface area contributed by atoms with Crippen LogP contribution in [0.5, 0.6) is 0 Å². The number of oxime groups is 1. The van der Waals surface area contributed by atoms with Crippen LogP contribution in [0.25, 0.3) is 0 Å². The summed E-state index contributed by atoms with van der Waals surface area (Å²) in [6, 6.07) is -0.828. The number of urea groups is 1. The highest BCUT2D eigenvalue weighted by Crippen LogP contribution is 2.27. The van der Waals surface area contributed by atoms with E-state index >= 15 is 0 Å². The molecule has 4 N–H and O–H groups in total. The molecule has 0 radical (unpaired) electrons. The Balaban J connectivity index is 2.43. The highest BCUT2D eigenvalue weighted by molar-refractivity contribution is 5.81. The van der Waals surface area contributed by atoms with E-state index in [1.165, 1.54) is 4.90 Å². The summed E-state index contributed by atoms with van der Waals surface area (Å²) in [7, 11) is 0. The first-order chi connectivity index (χ1) is 8.33. The van der Waals surface area contributed by atoms with Crippen molar-refractivity contribution >= 4 is 11.9 Å². The van der Waals surface area contributed by atoms with Crippen LogP contribution >= 0.6 is 0 Å². The lowest BCUT2D eigenvalue weighted by Crippen LogP contribution is -2.45. The number of carbonyl (C=O) groups is 1. The third-order valence-corrected chi connectivity index (χ3v) is 2.43. The molecule has 1 saturated carbocycles. The zero-order chi connectivity index (χ0) is 13.8. The molecule has 0 heterocycles. The van der Waals surface area contributed by atoms with Crippen molar-refractivity contribution in [1.29, 1.82) is 0 Å². The van der Waals surface area contributed by atoms with Gasteiger partial charge in [-0.2, -0.15) is 13.2 Å². The summed E-state index contributed by atoms with van der Waals surface area (Å²) in [5, 5.41) is 12.9. The predicted octanol–water partition coefficient (Wildman–Crippen LogP) is 0.859. The van der Waals surface area contributed by atoms with Gasteiger partial charge in [-0.25, -0.2) is 4.79 Å². The van der Waals surface area contributed by atoms with E-state index in [0.29, 0.717) is 0 Å². The van der Waals surface area contributed by atoms with E-state index in [9.17, 15) is 18.0 Å². The van der Waals surface area contributed by atoms with E-state index in [4.69, 9.17) is 10.9 Å². The molecule has 9 heteroatoms. The number of carbonyl (C=O) groups excluding carboxylic acids is 1. The van der Waals surface area contributed by atoms with E-state index in [1.54, 1.807) is 5.32 Å². The highest BCUT2D eigenvalue weighted by atomic mass is 19.4. The number of nitrogens with zero attached hydrogens (tertiary/aromatic N) is 2. The second kappa shape index (κ2) is 5.78. The van der Waals surface area contributed by atoms with Crippen molar-refractivity contribution in [1.82, 2.24) is 10.2 Å². The molecule has 6 nitrogen and oxygen atoms in total. The molecule has 1 aliphatic carbocycles. The first-order valence-electron chi connectivity index (χ1n) is 5.41. The molecule has 0 aromatic carbocycles. The summed E-state index contributed by atoms with van der Waals surface area (Å²) < 4.78 is 35.9. The fourth-order valence-corrected chi connectivity index (χ4v) is 1.40. The van der Waals surface area contributed by atoms with Crippen molar-refractivity contribution < 1.29 is 23.2 Å². The van der Waals surface area contributed by atoms with E-state index in [0.717, 1.165) is 12.8 Å². The highest BCUT2D eigenvalue weighted by Gasteiger charge is 2.34. The molecule has 0 spiro atoms. The van der Waals surface area contributed by atoms with Gasteiger partial charge in [-0.3, -0.25) is 0 Å². The molecular weight excluding hydrogens is 253 g/mol. The maximum Gasteiger partial charge on any atom is 0.405 e. The first kappa shape index (κ1) is 14.4. The summed E-state index contributed by atoms with van der Waals surface area (Å²) >= 11 is 0. The van der Waals surface area contributed by atoms with Crippen LogP contribution in [-0.4, -0.2) is 47.3 Å². The largest absolute Gasteiger partial charge is 0.409 e. The Morgan fingerprint density at radius 2 is 2.11 bits per heavy atom. The minimum Gasteiger partial charge on any atom is -0.409 e.